The van der Waals surface area contributed by atoms with Gasteiger partial charge in [-0.1, -0.05) is 0 Å². The van der Waals surface area contributed by atoms with Crippen LogP contribution in [-0.2, 0) is 4.79 Å². The van der Waals surface area contributed by atoms with Crippen LogP contribution in [0.15, 0.2) is 11.9 Å². The van der Waals surface area contributed by atoms with Crippen LogP contribution in [0, 0.1) is 0 Å². The summed E-state index contributed by atoms with van der Waals surface area (Å²) in [6.45, 7) is 1.15. The first-order valence-electron chi connectivity index (χ1n) is 3.62. The fraction of sp³-hybridized carbons (Fsp3) is 0.571. The Morgan fingerprint density at radius 1 is 1.57 bits per heavy atom. The maximum atomic E-state index is 12.1. The van der Waals surface area contributed by atoms with Crippen LogP contribution in [0.5, 0.6) is 0 Å². The Balaban J connectivity index is 0. The summed E-state index contributed by atoms with van der Waals surface area (Å²) in [7, 11) is 0. The first kappa shape index (κ1) is 15.7. The first-order valence-corrected chi connectivity index (χ1v) is 3.62. The van der Waals surface area contributed by atoms with Crippen molar-refractivity contribution in [1.29, 1.82) is 0 Å². The fourth-order valence-corrected chi connectivity index (χ4v) is 0.499. The van der Waals surface area contributed by atoms with Gasteiger partial charge >= 0.3 is 0 Å². The van der Waals surface area contributed by atoms with Gasteiger partial charge in [-0.15, -0.1) is 12.4 Å². The van der Waals surface area contributed by atoms with Crippen molar-refractivity contribution < 1.29 is 18.0 Å². The van der Waals surface area contributed by atoms with E-state index in [4.69, 9.17) is 5.73 Å². The average molecular weight is 233 g/mol. The van der Waals surface area contributed by atoms with Crippen molar-refractivity contribution in [3.8, 4) is 0 Å². The lowest BCUT2D eigenvalue weighted by atomic mass is 10.3. The number of alkyl halides is 2. The summed E-state index contributed by atoms with van der Waals surface area (Å²) in [5.74, 6) is -2.07. The molecule has 0 heterocycles. The molecule has 3 nitrogen and oxygen atoms in total. The topological polar surface area (TPSA) is 55.1 Å². The summed E-state index contributed by atoms with van der Waals surface area (Å²) in [4.78, 5) is 10.7. The van der Waals surface area contributed by atoms with Gasteiger partial charge in [-0.3, -0.25) is 4.79 Å². The molecule has 84 valence electrons. The Labute approximate surface area is 85.9 Å². The van der Waals surface area contributed by atoms with Crippen LogP contribution < -0.4 is 11.1 Å². The zero-order valence-electron chi connectivity index (χ0n) is 7.47. The summed E-state index contributed by atoms with van der Waals surface area (Å²) < 4.78 is 35.2. The second-order valence-electron chi connectivity index (χ2n) is 2.42. The van der Waals surface area contributed by atoms with E-state index in [9.17, 15) is 18.0 Å². The fourth-order valence-electron chi connectivity index (χ4n) is 0.499. The van der Waals surface area contributed by atoms with E-state index in [2.05, 4.69) is 5.32 Å². The minimum absolute atomic E-state index is 0. The molecule has 7 heteroatoms. The summed E-state index contributed by atoms with van der Waals surface area (Å²) >= 11 is 0. The lowest BCUT2D eigenvalue weighted by molar-refractivity contribution is -0.121. The summed E-state index contributed by atoms with van der Waals surface area (Å²) in [5, 5.41) is 2.15. The SMILES string of the molecule is CC(N)C(=O)NCC=C(F)C(F)F.Cl. The van der Waals surface area contributed by atoms with Crippen molar-refractivity contribution in [3.63, 3.8) is 0 Å². The Morgan fingerprint density at radius 3 is 2.43 bits per heavy atom. The molecule has 1 atom stereocenters. The highest BCUT2D eigenvalue weighted by Crippen LogP contribution is 2.07. The molecule has 0 spiro atoms. The smallest absolute Gasteiger partial charge is 0.289 e. The van der Waals surface area contributed by atoms with E-state index in [0.717, 1.165) is 0 Å². The monoisotopic (exact) mass is 232 g/mol. The number of nitrogens with two attached hydrogens (primary N) is 1. The molecule has 0 rings (SSSR count). The zero-order chi connectivity index (χ0) is 10.4. The third-order valence-corrected chi connectivity index (χ3v) is 1.20. The van der Waals surface area contributed by atoms with E-state index in [1.807, 2.05) is 0 Å². The average Bonchev–Trinajstić information content (AvgIpc) is 2.03. The molecule has 0 radical (unpaired) electrons. The predicted octanol–water partition coefficient (Wildman–Crippen LogP) is 0.990. The molecular formula is C7H12ClF3N2O. The molecule has 1 amide bonds. The molecular weight excluding hydrogens is 221 g/mol. The molecule has 1 unspecified atom stereocenters. The molecule has 14 heavy (non-hydrogen) atoms. The number of hydrogen-bond donors (Lipinski definition) is 2. The molecule has 0 fully saturated rings. The van der Waals surface area contributed by atoms with Crippen molar-refractivity contribution in [1.82, 2.24) is 5.32 Å². The summed E-state index contributed by atoms with van der Waals surface area (Å²) in [5.41, 5.74) is 5.14. The highest BCUT2D eigenvalue weighted by atomic mass is 35.5. The van der Waals surface area contributed by atoms with Crippen molar-refractivity contribution in [2.24, 2.45) is 5.73 Å². The number of carbonyl (C=O) groups excluding carboxylic acids is 1. The summed E-state index contributed by atoms with van der Waals surface area (Å²) in [6, 6.07) is -0.733. The number of hydrogen-bond acceptors (Lipinski definition) is 2. The van der Waals surface area contributed by atoms with Gasteiger partial charge in [-0.05, 0) is 13.0 Å². The molecule has 3 N–H and O–H groups in total. The minimum atomic E-state index is -3.13. The summed E-state index contributed by atoms with van der Waals surface area (Å²) in [6.07, 6.45) is -2.53. The van der Waals surface area contributed by atoms with Crippen molar-refractivity contribution in [2.45, 2.75) is 19.4 Å². The van der Waals surface area contributed by atoms with E-state index in [1.165, 1.54) is 6.92 Å². The maximum Gasteiger partial charge on any atom is 0.289 e. The van der Waals surface area contributed by atoms with E-state index in [0.29, 0.717) is 6.08 Å². The molecule has 0 aliphatic rings. The molecule has 0 saturated carbocycles. The number of halogens is 4. The van der Waals surface area contributed by atoms with E-state index in [1.54, 1.807) is 0 Å². The quantitative estimate of drug-likeness (QED) is 0.760. The number of allylic oxidation sites excluding steroid dienone is 1. The normalized spacial score (nSPS) is 13.4. The Morgan fingerprint density at radius 2 is 2.07 bits per heavy atom. The molecule has 0 aliphatic carbocycles. The van der Waals surface area contributed by atoms with Gasteiger partial charge in [0, 0.05) is 6.54 Å². The third kappa shape index (κ3) is 6.73. The largest absolute Gasteiger partial charge is 0.351 e. The number of nitrogens with one attached hydrogen (secondary N) is 1. The van der Waals surface area contributed by atoms with Crippen LogP contribution in [-0.4, -0.2) is 24.9 Å². The second kappa shape index (κ2) is 7.64. The highest BCUT2D eigenvalue weighted by Gasteiger charge is 2.09. The Hall–Kier alpha value is -0.750. The van der Waals surface area contributed by atoms with E-state index in [-0.39, 0.29) is 19.0 Å². The van der Waals surface area contributed by atoms with Crippen LogP contribution in [0.4, 0.5) is 13.2 Å². The number of rotatable bonds is 4. The van der Waals surface area contributed by atoms with Crippen molar-refractivity contribution in [2.75, 3.05) is 6.54 Å². The van der Waals surface area contributed by atoms with Gasteiger partial charge in [0.15, 0.2) is 5.83 Å². The molecule has 0 aromatic rings. The van der Waals surface area contributed by atoms with Gasteiger partial charge in [-0.2, -0.15) is 0 Å². The number of amides is 1. The van der Waals surface area contributed by atoms with Crippen LogP contribution in [0.25, 0.3) is 0 Å². The van der Waals surface area contributed by atoms with Crippen molar-refractivity contribution >= 4 is 18.3 Å². The molecule has 0 aliphatic heterocycles. The van der Waals surface area contributed by atoms with Gasteiger partial charge in [0.05, 0.1) is 6.04 Å². The first-order chi connectivity index (χ1) is 5.95. The molecule has 0 aromatic carbocycles. The Kier molecular flexibility index (Phi) is 8.57. The van der Waals surface area contributed by atoms with Gasteiger partial charge < -0.3 is 11.1 Å². The van der Waals surface area contributed by atoms with Gasteiger partial charge in [-0.25, -0.2) is 13.2 Å². The van der Waals surface area contributed by atoms with Crippen LogP contribution in [0.2, 0.25) is 0 Å². The third-order valence-electron chi connectivity index (χ3n) is 1.20. The molecule has 0 aromatic heterocycles. The van der Waals surface area contributed by atoms with Crippen LogP contribution in [0.1, 0.15) is 6.92 Å². The van der Waals surface area contributed by atoms with Crippen molar-refractivity contribution in [3.05, 3.63) is 11.9 Å². The lowest BCUT2D eigenvalue weighted by Gasteiger charge is -2.04. The maximum absolute atomic E-state index is 12.1. The lowest BCUT2D eigenvalue weighted by Crippen LogP contribution is -2.38. The van der Waals surface area contributed by atoms with E-state index < -0.39 is 24.2 Å². The van der Waals surface area contributed by atoms with Gasteiger partial charge in [0.25, 0.3) is 6.43 Å². The minimum Gasteiger partial charge on any atom is -0.351 e. The van der Waals surface area contributed by atoms with Gasteiger partial charge in [0.2, 0.25) is 5.91 Å². The molecule has 0 bridgehead atoms. The van der Waals surface area contributed by atoms with Crippen LogP contribution >= 0.6 is 12.4 Å². The number of carbonyl (C=O) groups is 1. The Bertz CT molecular complexity index is 209. The van der Waals surface area contributed by atoms with E-state index >= 15 is 0 Å². The van der Waals surface area contributed by atoms with Gasteiger partial charge in [0.1, 0.15) is 0 Å². The predicted molar refractivity (Wildman–Crippen MR) is 49.1 cm³/mol. The highest BCUT2D eigenvalue weighted by molar-refractivity contribution is 5.85. The van der Waals surface area contributed by atoms with Crippen LogP contribution in [0.3, 0.4) is 0 Å². The zero-order valence-corrected chi connectivity index (χ0v) is 8.28. The second-order valence-corrected chi connectivity index (χ2v) is 2.42. The standard InChI is InChI=1S/C7H11F3N2O.ClH/c1-4(11)7(13)12-3-2-5(8)6(9)10;/h2,4,6H,3,11H2,1H3,(H,12,13);1H. The molecule has 0 saturated heterocycles.